The molecule has 0 aliphatic heterocycles. The van der Waals surface area contributed by atoms with Crippen LogP contribution in [0.2, 0.25) is 0 Å². The molecule has 0 amide bonds. The Bertz CT molecular complexity index is 330. The first-order chi connectivity index (χ1) is 6.75. The van der Waals surface area contributed by atoms with Gasteiger partial charge in [0.15, 0.2) is 0 Å². The molecule has 0 atom stereocenters. The topological polar surface area (TPSA) is 63.3 Å². The van der Waals surface area contributed by atoms with Gasteiger partial charge in [-0.15, -0.1) is 0 Å². The standard InChI is InChI=1S/C11H13NO2/c12-8-4-7-10(11(13)14)9-5-2-1-3-6-9/h1-3,5-7H,4,8,12H2,(H,13,14). The van der Waals surface area contributed by atoms with Crippen LogP contribution in [-0.2, 0) is 4.79 Å². The van der Waals surface area contributed by atoms with Gasteiger partial charge < -0.3 is 10.8 Å². The lowest BCUT2D eigenvalue weighted by molar-refractivity contribution is -0.130. The molecule has 0 saturated carbocycles. The summed E-state index contributed by atoms with van der Waals surface area (Å²) < 4.78 is 0. The number of aliphatic carboxylic acids is 1. The smallest absolute Gasteiger partial charge is 0.335 e. The average molecular weight is 191 g/mol. The monoisotopic (exact) mass is 191 g/mol. The second kappa shape index (κ2) is 5.19. The Morgan fingerprint density at radius 3 is 2.50 bits per heavy atom. The second-order valence-electron chi connectivity index (χ2n) is 2.87. The highest BCUT2D eigenvalue weighted by molar-refractivity contribution is 6.15. The third-order valence-electron chi connectivity index (χ3n) is 1.83. The fourth-order valence-corrected chi connectivity index (χ4v) is 1.17. The number of carbonyl (C=O) groups is 1. The Labute approximate surface area is 82.9 Å². The molecule has 0 aliphatic rings. The Morgan fingerprint density at radius 1 is 1.36 bits per heavy atom. The van der Waals surface area contributed by atoms with E-state index in [2.05, 4.69) is 0 Å². The fourth-order valence-electron chi connectivity index (χ4n) is 1.17. The SMILES string of the molecule is NCCC=C(C(=O)O)c1ccccc1. The van der Waals surface area contributed by atoms with Crippen LogP contribution in [-0.4, -0.2) is 17.6 Å². The van der Waals surface area contributed by atoms with Gasteiger partial charge in [0.2, 0.25) is 0 Å². The summed E-state index contributed by atoms with van der Waals surface area (Å²) in [6, 6.07) is 9.03. The minimum atomic E-state index is -0.912. The van der Waals surface area contributed by atoms with Gasteiger partial charge in [-0.25, -0.2) is 4.79 Å². The van der Waals surface area contributed by atoms with Crippen LogP contribution in [0.1, 0.15) is 12.0 Å². The van der Waals surface area contributed by atoms with Gasteiger partial charge in [0.25, 0.3) is 0 Å². The third-order valence-corrected chi connectivity index (χ3v) is 1.83. The van der Waals surface area contributed by atoms with E-state index in [-0.39, 0.29) is 0 Å². The largest absolute Gasteiger partial charge is 0.478 e. The molecule has 74 valence electrons. The first-order valence-electron chi connectivity index (χ1n) is 4.44. The van der Waals surface area contributed by atoms with Gasteiger partial charge in [0.1, 0.15) is 0 Å². The molecule has 0 heterocycles. The number of hydrogen-bond acceptors (Lipinski definition) is 2. The molecule has 0 fully saturated rings. The van der Waals surface area contributed by atoms with Crippen LogP contribution in [0.25, 0.3) is 5.57 Å². The molecule has 0 saturated heterocycles. The molecule has 1 aromatic rings. The Balaban J connectivity index is 2.95. The highest BCUT2D eigenvalue weighted by Gasteiger charge is 2.08. The summed E-state index contributed by atoms with van der Waals surface area (Å²) in [6.45, 7) is 0.462. The quantitative estimate of drug-likeness (QED) is 0.709. The first kappa shape index (κ1) is 10.5. The van der Waals surface area contributed by atoms with Crippen molar-refractivity contribution in [2.75, 3.05) is 6.54 Å². The van der Waals surface area contributed by atoms with E-state index >= 15 is 0 Å². The highest BCUT2D eigenvalue weighted by atomic mass is 16.4. The zero-order valence-corrected chi connectivity index (χ0v) is 7.81. The van der Waals surface area contributed by atoms with Crippen molar-refractivity contribution in [3.05, 3.63) is 42.0 Å². The average Bonchev–Trinajstić information content (AvgIpc) is 2.19. The number of carboxylic acids is 1. The summed E-state index contributed by atoms with van der Waals surface area (Å²) in [5.74, 6) is -0.912. The van der Waals surface area contributed by atoms with E-state index in [9.17, 15) is 4.79 Å². The lowest BCUT2D eigenvalue weighted by Gasteiger charge is -2.01. The van der Waals surface area contributed by atoms with Crippen LogP contribution in [0, 0.1) is 0 Å². The minimum Gasteiger partial charge on any atom is -0.478 e. The van der Waals surface area contributed by atoms with Crippen LogP contribution in [0.3, 0.4) is 0 Å². The summed E-state index contributed by atoms with van der Waals surface area (Å²) in [5.41, 5.74) is 6.35. The summed E-state index contributed by atoms with van der Waals surface area (Å²) >= 11 is 0. The van der Waals surface area contributed by atoms with Gasteiger partial charge in [0.05, 0.1) is 5.57 Å². The van der Waals surface area contributed by atoms with E-state index < -0.39 is 5.97 Å². The molecule has 1 aromatic carbocycles. The molecule has 0 bridgehead atoms. The van der Waals surface area contributed by atoms with Gasteiger partial charge in [-0.2, -0.15) is 0 Å². The molecule has 1 rings (SSSR count). The second-order valence-corrected chi connectivity index (χ2v) is 2.87. The Morgan fingerprint density at radius 2 is 2.00 bits per heavy atom. The van der Waals surface area contributed by atoms with Crippen molar-refractivity contribution in [1.29, 1.82) is 0 Å². The molecular formula is C11H13NO2. The predicted molar refractivity (Wildman–Crippen MR) is 55.7 cm³/mol. The van der Waals surface area contributed by atoms with Crippen LogP contribution in [0.4, 0.5) is 0 Å². The van der Waals surface area contributed by atoms with Gasteiger partial charge >= 0.3 is 5.97 Å². The van der Waals surface area contributed by atoms with Crippen molar-refractivity contribution >= 4 is 11.5 Å². The van der Waals surface area contributed by atoms with Crippen molar-refractivity contribution in [2.45, 2.75) is 6.42 Å². The van der Waals surface area contributed by atoms with Crippen LogP contribution < -0.4 is 5.73 Å². The molecular weight excluding hydrogens is 178 g/mol. The summed E-state index contributed by atoms with van der Waals surface area (Å²) in [7, 11) is 0. The first-order valence-corrected chi connectivity index (χ1v) is 4.44. The van der Waals surface area contributed by atoms with Crippen molar-refractivity contribution in [2.24, 2.45) is 5.73 Å². The molecule has 0 aliphatic carbocycles. The van der Waals surface area contributed by atoms with Crippen molar-refractivity contribution in [1.82, 2.24) is 0 Å². The minimum absolute atomic E-state index is 0.316. The molecule has 0 radical (unpaired) electrons. The van der Waals surface area contributed by atoms with E-state index in [1.165, 1.54) is 0 Å². The predicted octanol–water partition coefficient (Wildman–Crippen LogP) is 1.50. The number of hydrogen-bond donors (Lipinski definition) is 2. The maximum Gasteiger partial charge on any atom is 0.335 e. The summed E-state index contributed by atoms with van der Waals surface area (Å²) in [6.07, 6.45) is 2.23. The van der Waals surface area contributed by atoms with Crippen LogP contribution in [0.15, 0.2) is 36.4 Å². The van der Waals surface area contributed by atoms with E-state index in [1.807, 2.05) is 18.2 Å². The van der Waals surface area contributed by atoms with Crippen molar-refractivity contribution < 1.29 is 9.90 Å². The molecule has 0 spiro atoms. The number of benzene rings is 1. The molecule has 0 unspecified atom stereocenters. The van der Waals surface area contributed by atoms with Gasteiger partial charge in [-0.1, -0.05) is 36.4 Å². The molecule has 3 N–H and O–H groups in total. The maximum atomic E-state index is 10.9. The van der Waals surface area contributed by atoms with E-state index in [4.69, 9.17) is 10.8 Å². The summed E-state index contributed by atoms with van der Waals surface area (Å²) in [5, 5.41) is 8.94. The van der Waals surface area contributed by atoms with E-state index in [1.54, 1.807) is 18.2 Å². The van der Waals surface area contributed by atoms with E-state index in [0.717, 1.165) is 0 Å². The zero-order valence-electron chi connectivity index (χ0n) is 7.81. The summed E-state index contributed by atoms with van der Waals surface area (Å²) in [4.78, 5) is 10.9. The lowest BCUT2D eigenvalue weighted by Crippen LogP contribution is -2.02. The van der Waals surface area contributed by atoms with E-state index in [0.29, 0.717) is 24.1 Å². The lowest BCUT2D eigenvalue weighted by atomic mass is 10.1. The molecule has 0 aromatic heterocycles. The van der Waals surface area contributed by atoms with Crippen LogP contribution in [0.5, 0.6) is 0 Å². The fraction of sp³-hybridized carbons (Fsp3) is 0.182. The number of carboxylic acid groups (broad SMARTS) is 1. The number of rotatable bonds is 4. The molecule has 14 heavy (non-hydrogen) atoms. The van der Waals surface area contributed by atoms with Gasteiger partial charge in [-0.05, 0) is 18.5 Å². The molecule has 3 heteroatoms. The van der Waals surface area contributed by atoms with Gasteiger partial charge in [0, 0.05) is 0 Å². The van der Waals surface area contributed by atoms with Crippen molar-refractivity contribution in [3.8, 4) is 0 Å². The normalized spacial score (nSPS) is 11.4. The van der Waals surface area contributed by atoms with Crippen molar-refractivity contribution in [3.63, 3.8) is 0 Å². The third kappa shape index (κ3) is 2.71. The zero-order chi connectivity index (χ0) is 10.4. The highest BCUT2D eigenvalue weighted by Crippen LogP contribution is 2.14. The Kier molecular flexibility index (Phi) is 3.88. The van der Waals surface area contributed by atoms with Gasteiger partial charge in [-0.3, -0.25) is 0 Å². The maximum absolute atomic E-state index is 10.9. The van der Waals surface area contributed by atoms with Crippen LogP contribution >= 0.6 is 0 Å². The Hall–Kier alpha value is -1.61. The molecule has 3 nitrogen and oxygen atoms in total. The number of nitrogens with two attached hydrogens (primary N) is 1.